The molecule has 0 bridgehead atoms. The van der Waals surface area contributed by atoms with Gasteiger partial charge in [-0.25, -0.2) is 13.1 Å². The van der Waals surface area contributed by atoms with Crippen molar-refractivity contribution in [1.82, 2.24) is 14.9 Å². The minimum Gasteiger partial charge on any atom is -0.314 e. The van der Waals surface area contributed by atoms with Crippen molar-refractivity contribution in [3.8, 4) is 0 Å². The van der Waals surface area contributed by atoms with E-state index in [0.29, 0.717) is 19.0 Å². The van der Waals surface area contributed by atoms with E-state index >= 15 is 0 Å². The van der Waals surface area contributed by atoms with Gasteiger partial charge >= 0.3 is 0 Å². The Bertz CT molecular complexity index is 311. The van der Waals surface area contributed by atoms with Crippen molar-refractivity contribution in [2.24, 2.45) is 5.92 Å². The van der Waals surface area contributed by atoms with Crippen LogP contribution in [0.15, 0.2) is 0 Å². The Morgan fingerprint density at radius 3 is 2.56 bits per heavy atom. The Morgan fingerprint density at radius 1 is 1.28 bits per heavy atom. The third kappa shape index (κ3) is 7.31. The topological polar surface area (TPSA) is 61.4 Å². The molecule has 0 unspecified atom stereocenters. The maximum Gasteiger partial charge on any atom is 0.212 e. The summed E-state index contributed by atoms with van der Waals surface area (Å²) in [7, 11) is -3.09. The lowest BCUT2D eigenvalue weighted by atomic mass is 10.1. The first-order valence-corrected chi connectivity index (χ1v) is 8.55. The van der Waals surface area contributed by atoms with E-state index < -0.39 is 10.0 Å². The summed E-state index contributed by atoms with van der Waals surface area (Å²) in [5.74, 6) is 0.852. The Kier molecular flexibility index (Phi) is 7.14. The highest BCUT2D eigenvalue weighted by molar-refractivity contribution is 7.89. The SMILES string of the molecule is CC(C)CCCNS(=O)(=O)CCN1CCNCC1. The van der Waals surface area contributed by atoms with Crippen molar-refractivity contribution in [3.05, 3.63) is 0 Å². The second kappa shape index (κ2) is 8.09. The van der Waals surface area contributed by atoms with Crippen LogP contribution >= 0.6 is 0 Å². The molecule has 1 heterocycles. The maximum absolute atomic E-state index is 11.8. The molecule has 1 aliphatic heterocycles. The van der Waals surface area contributed by atoms with Gasteiger partial charge in [0, 0.05) is 39.3 Å². The molecular formula is C12H27N3O2S. The van der Waals surface area contributed by atoms with Gasteiger partial charge in [0.25, 0.3) is 0 Å². The van der Waals surface area contributed by atoms with Crippen LogP contribution in [0.1, 0.15) is 26.7 Å². The highest BCUT2D eigenvalue weighted by Gasteiger charge is 2.14. The molecule has 0 radical (unpaired) electrons. The first-order valence-electron chi connectivity index (χ1n) is 6.90. The molecule has 108 valence electrons. The number of nitrogens with one attached hydrogen (secondary N) is 2. The van der Waals surface area contributed by atoms with E-state index in [4.69, 9.17) is 0 Å². The maximum atomic E-state index is 11.8. The molecule has 1 rings (SSSR count). The number of rotatable bonds is 8. The van der Waals surface area contributed by atoms with Crippen molar-refractivity contribution in [2.45, 2.75) is 26.7 Å². The summed E-state index contributed by atoms with van der Waals surface area (Å²) in [5.41, 5.74) is 0. The summed E-state index contributed by atoms with van der Waals surface area (Å²) in [4.78, 5) is 2.20. The zero-order valence-corrected chi connectivity index (χ0v) is 12.4. The Labute approximate surface area is 111 Å². The molecule has 0 aliphatic carbocycles. The normalized spacial score (nSPS) is 18.4. The van der Waals surface area contributed by atoms with Crippen LogP contribution in [-0.4, -0.2) is 58.3 Å². The molecule has 5 nitrogen and oxygen atoms in total. The number of nitrogens with zero attached hydrogens (tertiary/aromatic N) is 1. The van der Waals surface area contributed by atoms with Crippen LogP contribution in [0.5, 0.6) is 0 Å². The summed E-state index contributed by atoms with van der Waals surface area (Å²) < 4.78 is 26.2. The molecule has 6 heteroatoms. The highest BCUT2D eigenvalue weighted by atomic mass is 32.2. The lowest BCUT2D eigenvalue weighted by Gasteiger charge is -2.26. The van der Waals surface area contributed by atoms with Crippen molar-refractivity contribution in [1.29, 1.82) is 0 Å². The summed E-state index contributed by atoms with van der Waals surface area (Å²) in [6.45, 7) is 9.33. The fraction of sp³-hybridized carbons (Fsp3) is 1.00. The summed E-state index contributed by atoms with van der Waals surface area (Å²) >= 11 is 0. The summed E-state index contributed by atoms with van der Waals surface area (Å²) in [6, 6.07) is 0. The molecule has 0 aromatic carbocycles. The van der Waals surface area contributed by atoms with E-state index in [-0.39, 0.29) is 5.75 Å². The molecule has 0 atom stereocenters. The smallest absolute Gasteiger partial charge is 0.212 e. The van der Waals surface area contributed by atoms with Gasteiger partial charge in [-0.2, -0.15) is 0 Å². The first kappa shape index (κ1) is 15.9. The Balaban J connectivity index is 2.14. The Morgan fingerprint density at radius 2 is 1.94 bits per heavy atom. The van der Waals surface area contributed by atoms with Crippen LogP contribution < -0.4 is 10.0 Å². The fourth-order valence-electron chi connectivity index (χ4n) is 1.99. The van der Waals surface area contributed by atoms with Crippen molar-refractivity contribution < 1.29 is 8.42 Å². The number of sulfonamides is 1. The molecule has 1 saturated heterocycles. The van der Waals surface area contributed by atoms with Gasteiger partial charge in [-0.3, -0.25) is 4.90 Å². The fourth-order valence-corrected chi connectivity index (χ4v) is 3.09. The number of piperazine rings is 1. The van der Waals surface area contributed by atoms with E-state index in [1.165, 1.54) is 0 Å². The monoisotopic (exact) mass is 277 g/mol. The predicted octanol–water partition coefficient (Wildman–Crippen LogP) is 0.247. The largest absolute Gasteiger partial charge is 0.314 e. The average Bonchev–Trinajstić information content (AvgIpc) is 2.34. The zero-order chi connectivity index (χ0) is 13.4. The first-order chi connectivity index (χ1) is 8.49. The van der Waals surface area contributed by atoms with Gasteiger partial charge in [-0.05, 0) is 18.8 Å². The van der Waals surface area contributed by atoms with Gasteiger partial charge in [-0.1, -0.05) is 13.8 Å². The highest BCUT2D eigenvalue weighted by Crippen LogP contribution is 2.02. The molecule has 0 amide bonds. The molecule has 0 aromatic heterocycles. The minimum absolute atomic E-state index is 0.217. The van der Waals surface area contributed by atoms with Crippen LogP contribution in [0.25, 0.3) is 0 Å². The van der Waals surface area contributed by atoms with Crippen LogP contribution in [0.2, 0.25) is 0 Å². The molecule has 2 N–H and O–H groups in total. The van der Waals surface area contributed by atoms with Gasteiger partial charge < -0.3 is 5.32 Å². The van der Waals surface area contributed by atoms with Crippen LogP contribution in [-0.2, 0) is 10.0 Å². The second-order valence-electron chi connectivity index (χ2n) is 5.34. The minimum atomic E-state index is -3.09. The molecule has 1 aliphatic rings. The van der Waals surface area contributed by atoms with E-state index in [0.717, 1.165) is 39.0 Å². The number of hydrogen-bond donors (Lipinski definition) is 2. The second-order valence-corrected chi connectivity index (χ2v) is 7.27. The number of hydrogen-bond acceptors (Lipinski definition) is 4. The molecular weight excluding hydrogens is 250 g/mol. The van der Waals surface area contributed by atoms with Gasteiger partial charge in [-0.15, -0.1) is 0 Å². The standard InChI is InChI=1S/C12H27N3O2S/c1-12(2)4-3-5-14-18(16,17)11-10-15-8-6-13-7-9-15/h12-14H,3-11H2,1-2H3. The third-order valence-corrected chi connectivity index (χ3v) is 4.53. The van der Waals surface area contributed by atoms with Crippen molar-refractivity contribution in [2.75, 3.05) is 45.0 Å². The van der Waals surface area contributed by atoms with E-state index in [1.807, 2.05) is 0 Å². The van der Waals surface area contributed by atoms with Crippen LogP contribution in [0.4, 0.5) is 0 Å². The van der Waals surface area contributed by atoms with E-state index in [9.17, 15) is 8.42 Å². The molecule has 0 spiro atoms. The van der Waals surface area contributed by atoms with Crippen LogP contribution in [0.3, 0.4) is 0 Å². The lowest BCUT2D eigenvalue weighted by molar-refractivity contribution is 0.253. The summed E-state index contributed by atoms with van der Waals surface area (Å²) in [6.07, 6.45) is 1.99. The summed E-state index contributed by atoms with van der Waals surface area (Å²) in [5, 5.41) is 3.26. The predicted molar refractivity (Wildman–Crippen MR) is 75.2 cm³/mol. The molecule has 1 fully saturated rings. The molecule has 18 heavy (non-hydrogen) atoms. The third-order valence-electron chi connectivity index (χ3n) is 3.17. The van der Waals surface area contributed by atoms with E-state index in [1.54, 1.807) is 0 Å². The molecule has 0 saturated carbocycles. The van der Waals surface area contributed by atoms with Crippen molar-refractivity contribution >= 4 is 10.0 Å². The van der Waals surface area contributed by atoms with Gasteiger partial charge in [0.05, 0.1) is 5.75 Å². The lowest BCUT2D eigenvalue weighted by Crippen LogP contribution is -2.46. The quantitative estimate of drug-likeness (QED) is 0.624. The average molecular weight is 277 g/mol. The van der Waals surface area contributed by atoms with Crippen LogP contribution in [0, 0.1) is 5.92 Å². The Hall–Kier alpha value is -0.170. The van der Waals surface area contributed by atoms with Gasteiger partial charge in [0.15, 0.2) is 0 Å². The van der Waals surface area contributed by atoms with Gasteiger partial charge in [0.2, 0.25) is 10.0 Å². The van der Waals surface area contributed by atoms with E-state index in [2.05, 4.69) is 28.8 Å². The van der Waals surface area contributed by atoms with Gasteiger partial charge in [0.1, 0.15) is 0 Å². The zero-order valence-electron chi connectivity index (χ0n) is 11.6. The van der Waals surface area contributed by atoms with Crippen molar-refractivity contribution in [3.63, 3.8) is 0 Å². The molecule has 0 aromatic rings.